The molecule has 0 spiro atoms. The van der Waals surface area contributed by atoms with Gasteiger partial charge in [-0.3, -0.25) is 0 Å². The molecule has 3 nitrogen and oxygen atoms in total. The molecule has 0 aliphatic rings. The maximum atomic E-state index is 5.57. The number of hydrogen-bond donors (Lipinski definition) is 1. The van der Waals surface area contributed by atoms with E-state index in [2.05, 4.69) is 4.98 Å². The van der Waals surface area contributed by atoms with E-state index < -0.39 is 0 Å². The Kier molecular flexibility index (Phi) is 3.19. The Bertz CT molecular complexity index is 397. The molecule has 0 aliphatic heterocycles. The maximum Gasteiger partial charge on any atom is 0.119 e. The van der Waals surface area contributed by atoms with E-state index in [0.717, 1.165) is 22.9 Å². The molecule has 0 fully saturated rings. The Morgan fingerprint density at radius 3 is 2.73 bits per heavy atom. The first-order valence-corrected chi connectivity index (χ1v) is 5.59. The van der Waals surface area contributed by atoms with Gasteiger partial charge in [0.1, 0.15) is 5.75 Å². The number of rotatable bonds is 4. The zero-order valence-corrected chi connectivity index (χ0v) is 9.04. The van der Waals surface area contributed by atoms with Crippen molar-refractivity contribution in [2.75, 3.05) is 12.3 Å². The predicted octanol–water partition coefficient (Wildman–Crippen LogP) is 2.35. The highest BCUT2D eigenvalue weighted by Gasteiger charge is 1.97. The van der Waals surface area contributed by atoms with E-state index in [9.17, 15) is 0 Å². The summed E-state index contributed by atoms with van der Waals surface area (Å²) < 4.78 is 5.55. The third-order valence-corrected chi connectivity index (χ3v) is 2.79. The molecule has 0 saturated heterocycles. The van der Waals surface area contributed by atoms with Crippen LogP contribution in [0.1, 0.15) is 5.01 Å². The van der Waals surface area contributed by atoms with Crippen molar-refractivity contribution in [2.24, 2.45) is 0 Å². The molecular formula is C11H12N2OS. The van der Waals surface area contributed by atoms with Gasteiger partial charge < -0.3 is 10.5 Å². The standard InChI is InChI=1S/C11H12N2OS/c12-9-1-3-10(4-2-9)14-7-5-11-13-6-8-15-11/h1-4,6,8H,5,7,12H2. The van der Waals surface area contributed by atoms with Crippen LogP contribution in [-0.4, -0.2) is 11.6 Å². The highest BCUT2D eigenvalue weighted by atomic mass is 32.1. The predicted molar refractivity (Wildman–Crippen MR) is 62.2 cm³/mol. The molecular weight excluding hydrogens is 208 g/mol. The fourth-order valence-electron chi connectivity index (χ4n) is 1.20. The van der Waals surface area contributed by atoms with Crippen LogP contribution in [0.3, 0.4) is 0 Å². The van der Waals surface area contributed by atoms with Gasteiger partial charge in [-0.15, -0.1) is 11.3 Å². The summed E-state index contributed by atoms with van der Waals surface area (Å²) in [5, 5.41) is 3.07. The third kappa shape index (κ3) is 2.95. The molecule has 0 atom stereocenters. The number of thiazole rings is 1. The fourth-order valence-corrected chi connectivity index (χ4v) is 1.80. The van der Waals surface area contributed by atoms with E-state index in [0.29, 0.717) is 6.61 Å². The van der Waals surface area contributed by atoms with Gasteiger partial charge in [-0.2, -0.15) is 0 Å². The highest BCUT2D eigenvalue weighted by Crippen LogP contribution is 2.13. The van der Waals surface area contributed by atoms with Crippen LogP contribution in [0.2, 0.25) is 0 Å². The van der Waals surface area contributed by atoms with Crippen LogP contribution >= 0.6 is 11.3 Å². The molecule has 2 N–H and O–H groups in total. The zero-order valence-electron chi connectivity index (χ0n) is 8.22. The Balaban J connectivity index is 1.81. The number of hydrogen-bond acceptors (Lipinski definition) is 4. The van der Waals surface area contributed by atoms with Crippen LogP contribution in [0, 0.1) is 0 Å². The van der Waals surface area contributed by atoms with Gasteiger partial charge in [0.15, 0.2) is 0 Å². The number of nitrogen functional groups attached to an aromatic ring is 1. The van der Waals surface area contributed by atoms with Gasteiger partial charge >= 0.3 is 0 Å². The van der Waals surface area contributed by atoms with Crippen molar-refractivity contribution in [3.63, 3.8) is 0 Å². The molecule has 4 heteroatoms. The first kappa shape index (κ1) is 9.98. The number of nitrogens with zero attached hydrogens (tertiary/aromatic N) is 1. The van der Waals surface area contributed by atoms with E-state index in [1.807, 2.05) is 35.8 Å². The van der Waals surface area contributed by atoms with Gasteiger partial charge in [0, 0.05) is 23.7 Å². The maximum absolute atomic E-state index is 5.57. The van der Waals surface area contributed by atoms with E-state index in [-0.39, 0.29) is 0 Å². The van der Waals surface area contributed by atoms with E-state index in [4.69, 9.17) is 10.5 Å². The van der Waals surface area contributed by atoms with Crippen molar-refractivity contribution in [2.45, 2.75) is 6.42 Å². The molecule has 0 radical (unpaired) electrons. The van der Waals surface area contributed by atoms with Crippen molar-refractivity contribution >= 4 is 17.0 Å². The average Bonchev–Trinajstić information content (AvgIpc) is 2.74. The van der Waals surface area contributed by atoms with Crippen LogP contribution in [-0.2, 0) is 6.42 Å². The molecule has 2 aromatic rings. The van der Waals surface area contributed by atoms with Crippen LogP contribution in [0.25, 0.3) is 0 Å². The van der Waals surface area contributed by atoms with E-state index in [1.54, 1.807) is 11.3 Å². The molecule has 15 heavy (non-hydrogen) atoms. The Morgan fingerprint density at radius 1 is 1.27 bits per heavy atom. The molecule has 0 unspecified atom stereocenters. The van der Waals surface area contributed by atoms with Crippen molar-refractivity contribution < 1.29 is 4.74 Å². The first-order chi connectivity index (χ1) is 7.34. The summed E-state index contributed by atoms with van der Waals surface area (Å²) in [6, 6.07) is 7.41. The van der Waals surface area contributed by atoms with Gasteiger partial charge in [-0.1, -0.05) is 0 Å². The lowest BCUT2D eigenvalue weighted by molar-refractivity contribution is 0.322. The summed E-state index contributed by atoms with van der Waals surface area (Å²) in [6.45, 7) is 0.650. The minimum absolute atomic E-state index is 0.650. The van der Waals surface area contributed by atoms with Gasteiger partial charge in [0.2, 0.25) is 0 Å². The first-order valence-electron chi connectivity index (χ1n) is 4.71. The zero-order chi connectivity index (χ0) is 10.5. The number of aromatic nitrogens is 1. The van der Waals surface area contributed by atoms with Gasteiger partial charge in [-0.25, -0.2) is 4.98 Å². The minimum Gasteiger partial charge on any atom is -0.493 e. The Labute approximate surface area is 92.5 Å². The summed E-state index contributed by atoms with van der Waals surface area (Å²) in [5.74, 6) is 0.848. The second-order valence-corrected chi connectivity index (χ2v) is 4.07. The smallest absolute Gasteiger partial charge is 0.119 e. The number of ether oxygens (including phenoxy) is 1. The van der Waals surface area contributed by atoms with Crippen LogP contribution in [0.4, 0.5) is 5.69 Å². The van der Waals surface area contributed by atoms with Crippen LogP contribution in [0.15, 0.2) is 35.8 Å². The summed E-state index contributed by atoms with van der Waals surface area (Å²) >= 11 is 1.65. The minimum atomic E-state index is 0.650. The summed E-state index contributed by atoms with van der Waals surface area (Å²) in [4.78, 5) is 4.18. The monoisotopic (exact) mass is 220 g/mol. The second-order valence-electron chi connectivity index (χ2n) is 3.09. The molecule has 0 bridgehead atoms. The quantitative estimate of drug-likeness (QED) is 0.804. The molecule has 0 amide bonds. The van der Waals surface area contributed by atoms with Crippen molar-refractivity contribution in [1.29, 1.82) is 0 Å². The summed E-state index contributed by atoms with van der Waals surface area (Å²) in [6.07, 6.45) is 2.66. The molecule has 0 aliphatic carbocycles. The third-order valence-electron chi connectivity index (χ3n) is 1.95. The number of benzene rings is 1. The Morgan fingerprint density at radius 2 is 2.07 bits per heavy atom. The molecule has 1 aromatic heterocycles. The number of nitrogens with two attached hydrogens (primary N) is 1. The van der Waals surface area contributed by atoms with Crippen molar-refractivity contribution in [3.8, 4) is 5.75 Å². The summed E-state index contributed by atoms with van der Waals surface area (Å²) in [5.41, 5.74) is 6.32. The van der Waals surface area contributed by atoms with Gasteiger partial charge in [-0.05, 0) is 24.3 Å². The SMILES string of the molecule is Nc1ccc(OCCc2nccs2)cc1. The second kappa shape index (κ2) is 4.79. The van der Waals surface area contributed by atoms with Crippen LogP contribution < -0.4 is 10.5 Å². The number of anilines is 1. The normalized spacial score (nSPS) is 10.1. The lowest BCUT2D eigenvalue weighted by Crippen LogP contribution is -2.00. The van der Waals surface area contributed by atoms with Crippen molar-refractivity contribution in [1.82, 2.24) is 4.98 Å². The topological polar surface area (TPSA) is 48.1 Å². The largest absolute Gasteiger partial charge is 0.493 e. The molecule has 78 valence electrons. The Hall–Kier alpha value is -1.55. The summed E-state index contributed by atoms with van der Waals surface area (Å²) in [7, 11) is 0. The van der Waals surface area contributed by atoms with E-state index in [1.165, 1.54) is 0 Å². The van der Waals surface area contributed by atoms with Gasteiger partial charge in [0.05, 0.1) is 11.6 Å². The highest BCUT2D eigenvalue weighted by molar-refractivity contribution is 7.09. The van der Waals surface area contributed by atoms with E-state index >= 15 is 0 Å². The fraction of sp³-hybridized carbons (Fsp3) is 0.182. The molecule has 0 saturated carbocycles. The average molecular weight is 220 g/mol. The molecule has 1 aromatic carbocycles. The lowest BCUT2D eigenvalue weighted by Gasteiger charge is -2.04. The van der Waals surface area contributed by atoms with Crippen LogP contribution in [0.5, 0.6) is 5.75 Å². The van der Waals surface area contributed by atoms with Gasteiger partial charge in [0.25, 0.3) is 0 Å². The molecule has 2 rings (SSSR count). The van der Waals surface area contributed by atoms with Crippen molar-refractivity contribution in [3.05, 3.63) is 40.8 Å². The lowest BCUT2D eigenvalue weighted by atomic mass is 10.3. The molecule has 1 heterocycles.